The van der Waals surface area contributed by atoms with Crippen LogP contribution in [0.1, 0.15) is 6.92 Å². The first-order valence-corrected chi connectivity index (χ1v) is 9.89. The van der Waals surface area contributed by atoms with E-state index in [0.29, 0.717) is 11.2 Å². The zero-order valence-electron chi connectivity index (χ0n) is 15.2. The Hall–Kier alpha value is -2.43. The number of nitrogens with zero attached hydrogens (tertiary/aromatic N) is 4. The van der Waals surface area contributed by atoms with Crippen LogP contribution in [-0.2, 0) is 30.6 Å². The van der Waals surface area contributed by atoms with Gasteiger partial charge in [0.1, 0.15) is 36.3 Å². The molecule has 3 rings (SSSR count). The van der Waals surface area contributed by atoms with Gasteiger partial charge in [-0.05, 0) is 6.92 Å². The number of carbonyl (C=O) groups is 1. The van der Waals surface area contributed by atoms with E-state index >= 15 is 0 Å². The second-order valence-electron chi connectivity index (χ2n) is 6.52. The predicted octanol–water partition coefficient (Wildman–Crippen LogP) is -3.38. The van der Waals surface area contributed by atoms with Crippen LogP contribution in [0.3, 0.4) is 0 Å². The van der Waals surface area contributed by atoms with E-state index in [1.165, 1.54) is 19.6 Å². The van der Waals surface area contributed by atoms with Crippen LogP contribution in [0.5, 0.6) is 0 Å². The number of aromatic nitrogens is 4. The van der Waals surface area contributed by atoms with Crippen LogP contribution in [0.15, 0.2) is 12.7 Å². The Morgan fingerprint density at radius 1 is 1.34 bits per heavy atom. The minimum Gasteiger partial charge on any atom is -0.388 e. The Bertz CT molecular complexity index is 995. The molecule has 14 nitrogen and oxygen atoms in total. The summed E-state index contributed by atoms with van der Waals surface area (Å²) in [5.41, 5.74) is 11.8. The number of nitrogens with one attached hydrogen (secondary N) is 1. The lowest BCUT2D eigenvalue weighted by Gasteiger charge is -2.15. The van der Waals surface area contributed by atoms with Gasteiger partial charge in [-0.1, -0.05) is 0 Å². The fourth-order valence-electron chi connectivity index (χ4n) is 2.74. The lowest BCUT2D eigenvalue weighted by molar-refractivity contribution is -0.120. The molecule has 2 aromatic rings. The first kappa shape index (κ1) is 21.3. The number of nitrogens with two attached hydrogens (primary N) is 2. The molecule has 2 aromatic heterocycles. The molecular weight excluding hydrogens is 410 g/mol. The van der Waals surface area contributed by atoms with Gasteiger partial charge in [0.2, 0.25) is 0 Å². The summed E-state index contributed by atoms with van der Waals surface area (Å²) in [5.74, 6) is -0.768. The van der Waals surface area contributed by atoms with Crippen molar-refractivity contribution in [3.05, 3.63) is 12.7 Å². The van der Waals surface area contributed by atoms with Gasteiger partial charge in [0.15, 0.2) is 11.5 Å². The molecule has 5 atom stereocenters. The molecule has 15 heteroatoms. The van der Waals surface area contributed by atoms with Gasteiger partial charge in [-0.15, -0.1) is 0 Å². The van der Waals surface area contributed by atoms with Gasteiger partial charge in [0, 0.05) is 0 Å². The van der Waals surface area contributed by atoms with Crippen molar-refractivity contribution in [3.63, 3.8) is 0 Å². The summed E-state index contributed by atoms with van der Waals surface area (Å²) in [5, 5.41) is 20.4. The minimum atomic E-state index is -4.45. The lowest BCUT2D eigenvalue weighted by Crippen LogP contribution is -2.43. The topological polar surface area (TPSA) is 218 Å². The number of fused-ring (bicyclic) bond motifs is 1. The quantitative estimate of drug-likeness (QED) is 0.290. The van der Waals surface area contributed by atoms with E-state index in [-0.39, 0.29) is 12.4 Å². The summed E-state index contributed by atoms with van der Waals surface area (Å²) in [6, 6.07) is -1.06. The summed E-state index contributed by atoms with van der Waals surface area (Å²) >= 11 is 0. The second kappa shape index (κ2) is 8.13. The molecule has 1 fully saturated rings. The van der Waals surface area contributed by atoms with Crippen molar-refractivity contribution < 1.29 is 32.3 Å². The number of carbonyl (C=O) groups excluding carboxylic acids is 1. The summed E-state index contributed by atoms with van der Waals surface area (Å²) in [6.45, 7) is 0.722. The number of anilines is 1. The van der Waals surface area contributed by atoms with Crippen molar-refractivity contribution in [1.29, 1.82) is 0 Å². The molecule has 0 spiro atoms. The molecule has 0 radical (unpaired) electrons. The third-order valence-corrected chi connectivity index (χ3v) is 5.19. The molecule has 0 aromatic carbocycles. The minimum absolute atomic E-state index is 0.0514. The van der Waals surface area contributed by atoms with E-state index in [1.54, 1.807) is 9.29 Å². The largest absolute Gasteiger partial charge is 0.388 e. The summed E-state index contributed by atoms with van der Waals surface area (Å²) in [6.07, 6.45) is -2.14. The Morgan fingerprint density at radius 2 is 2.03 bits per heavy atom. The smallest absolute Gasteiger partial charge is 0.362 e. The highest BCUT2D eigenvalue weighted by Crippen LogP contribution is 2.25. The number of amides is 1. The van der Waals surface area contributed by atoms with Crippen LogP contribution in [0.25, 0.3) is 11.2 Å². The molecule has 0 saturated carbocycles. The van der Waals surface area contributed by atoms with Crippen molar-refractivity contribution in [2.24, 2.45) is 5.73 Å². The molecule has 3 heterocycles. The van der Waals surface area contributed by atoms with Crippen LogP contribution in [-0.4, -0.2) is 81.1 Å². The molecule has 1 aliphatic heterocycles. The van der Waals surface area contributed by atoms with Crippen molar-refractivity contribution in [3.8, 4) is 0 Å². The number of ether oxygens (including phenoxy) is 1. The standard InChI is InChI=1S/C14H21N7O7S/c1-6(15)14(24)20-29(25,26)27-3-8-11(23)10(22)7(28-8)2-21-5-19-9-12(16)17-4-18-13(9)21/h4-8,10-11,22-23H,2-3,15H2,1H3,(H,20,24)(H2,16,17,18)/t6-,7+,8-,10+,11-/m1/s1. The van der Waals surface area contributed by atoms with Gasteiger partial charge in [-0.25, -0.2) is 19.7 Å². The molecule has 7 N–H and O–H groups in total. The van der Waals surface area contributed by atoms with Gasteiger partial charge >= 0.3 is 10.3 Å². The number of aliphatic hydroxyl groups is 2. The maximum Gasteiger partial charge on any atom is 0.362 e. The maximum atomic E-state index is 11.8. The van der Waals surface area contributed by atoms with Gasteiger partial charge in [0.25, 0.3) is 5.91 Å². The van der Waals surface area contributed by atoms with E-state index in [2.05, 4.69) is 19.1 Å². The van der Waals surface area contributed by atoms with Gasteiger partial charge in [-0.3, -0.25) is 8.98 Å². The number of hydrogen-bond donors (Lipinski definition) is 5. The Morgan fingerprint density at radius 3 is 2.72 bits per heavy atom. The number of rotatable bonds is 7. The molecule has 0 unspecified atom stereocenters. The molecule has 29 heavy (non-hydrogen) atoms. The molecule has 1 aliphatic rings. The molecule has 1 saturated heterocycles. The normalized spacial score (nSPS) is 25.9. The Kier molecular flexibility index (Phi) is 5.97. The molecule has 0 aliphatic carbocycles. The molecule has 1 amide bonds. The average molecular weight is 431 g/mol. The predicted molar refractivity (Wildman–Crippen MR) is 97.1 cm³/mol. The molecule has 160 valence electrons. The van der Waals surface area contributed by atoms with Crippen molar-refractivity contribution >= 4 is 33.2 Å². The van der Waals surface area contributed by atoms with Gasteiger partial charge in [0.05, 0.1) is 25.5 Å². The van der Waals surface area contributed by atoms with Crippen molar-refractivity contribution in [2.45, 2.75) is 43.9 Å². The fraction of sp³-hybridized carbons (Fsp3) is 0.571. The van der Waals surface area contributed by atoms with Crippen LogP contribution in [0.4, 0.5) is 5.82 Å². The Labute approximate surface area is 165 Å². The van der Waals surface area contributed by atoms with Crippen molar-refractivity contribution in [2.75, 3.05) is 12.3 Å². The van der Waals surface area contributed by atoms with E-state index in [1.807, 2.05) is 0 Å². The maximum absolute atomic E-state index is 11.8. The van der Waals surface area contributed by atoms with Crippen LogP contribution in [0, 0.1) is 0 Å². The highest BCUT2D eigenvalue weighted by atomic mass is 32.2. The van der Waals surface area contributed by atoms with Gasteiger partial charge in [-0.2, -0.15) is 8.42 Å². The summed E-state index contributed by atoms with van der Waals surface area (Å²) < 4.78 is 36.9. The zero-order chi connectivity index (χ0) is 21.3. The zero-order valence-corrected chi connectivity index (χ0v) is 16.1. The Balaban J connectivity index is 1.64. The van der Waals surface area contributed by atoms with Crippen molar-refractivity contribution in [1.82, 2.24) is 24.2 Å². The summed E-state index contributed by atoms with van der Waals surface area (Å²) in [7, 11) is -4.45. The third kappa shape index (κ3) is 4.60. The van der Waals surface area contributed by atoms with Crippen LogP contribution in [0.2, 0.25) is 0 Å². The third-order valence-electron chi connectivity index (χ3n) is 4.29. The first-order valence-electron chi connectivity index (χ1n) is 8.48. The van der Waals surface area contributed by atoms with E-state index < -0.39 is 53.3 Å². The highest BCUT2D eigenvalue weighted by molar-refractivity contribution is 7.85. The number of aliphatic hydroxyl groups excluding tert-OH is 2. The van der Waals surface area contributed by atoms with Gasteiger partial charge < -0.3 is 31.0 Å². The first-order chi connectivity index (χ1) is 13.6. The number of hydrogen-bond acceptors (Lipinski definition) is 12. The van der Waals surface area contributed by atoms with Crippen LogP contribution < -0.4 is 16.2 Å². The SMILES string of the molecule is C[C@@H](N)C(=O)NS(=O)(=O)OC[C@H]1O[C@@H](Cn2cnc3c(N)ncnc32)[C@H](O)[C@@H]1O. The summed E-state index contributed by atoms with van der Waals surface area (Å²) in [4.78, 5) is 23.4. The van der Waals surface area contributed by atoms with Crippen LogP contribution >= 0.6 is 0 Å². The van der Waals surface area contributed by atoms with E-state index in [4.69, 9.17) is 16.2 Å². The number of imidazole rings is 1. The molecular formula is C14H21N7O7S. The lowest BCUT2D eigenvalue weighted by atomic mass is 10.1. The molecule has 0 bridgehead atoms. The monoisotopic (exact) mass is 431 g/mol. The van der Waals surface area contributed by atoms with E-state index in [0.717, 1.165) is 0 Å². The van der Waals surface area contributed by atoms with E-state index in [9.17, 15) is 23.4 Å². The second-order valence-corrected chi connectivity index (χ2v) is 7.86. The number of nitrogen functional groups attached to an aromatic ring is 1. The average Bonchev–Trinajstić information content (AvgIpc) is 3.17. The fourth-order valence-corrected chi connectivity index (χ4v) is 3.55. The highest BCUT2D eigenvalue weighted by Gasteiger charge is 2.43.